The van der Waals surface area contributed by atoms with Gasteiger partial charge in [0.05, 0.1) is 23.4 Å². The molecule has 0 aliphatic rings. The number of carbonyl (C=O) groups is 1. The molecule has 0 spiro atoms. The number of nitrogens with one attached hydrogen (secondary N) is 1. The number of aliphatic carboxylic acids is 1. The minimum absolute atomic E-state index is 0.0960. The Hall–Kier alpha value is -3.28. The van der Waals surface area contributed by atoms with Gasteiger partial charge in [0.25, 0.3) is 5.56 Å². The molecule has 0 amide bonds. The Morgan fingerprint density at radius 2 is 1.97 bits per heavy atom. The maximum Gasteiger partial charge on any atom is 0.431 e. The lowest BCUT2D eigenvalue weighted by Gasteiger charge is -2.14. The van der Waals surface area contributed by atoms with Crippen LogP contribution in [0.15, 0.2) is 39.6 Å². The zero-order chi connectivity index (χ0) is 22.6. The molecule has 0 unspecified atom stereocenters. The second kappa shape index (κ2) is 9.03. The van der Waals surface area contributed by atoms with Crippen LogP contribution in [0.4, 0.5) is 17.6 Å². The molecule has 1 aromatic heterocycles. The van der Waals surface area contributed by atoms with E-state index < -0.39 is 47.2 Å². The first-order valence-corrected chi connectivity index (χ1v) is 8.44. The van der Waals surface area contributed by atoms with Crippen molar-refractivity contribution >= 4 is 17.6 Å². The molecule has 1 heterocycles. The molecule has 162 valence electrons. The van der Waals surface area contributed by atoms with Crippen LogP contribution in [-0.2, 0) is 15.7 Å². The average Bonchev–Trinajstić information content (AvgIpc) is 2.60. The van der Waals surface area contributed by atoms with Crippen molar-refractivity contribution in [2.24, 2.45) is 0 Å². The van der Waals surface area contributed by atoms with Crippen molar-refractivity contribution in [1.29, 1.82) is 0 Å². The van der Waals surface area contributed by atoms with Gasteiger partial charge in [-0.05, 0) is 13.0 Å². The SMILES string of the molecule is CCO/C(=C\C(=O)O)COc1cc(-n2c(=O)cc(C(F)(F)F)[nH]c2=O)c(F)cc1Cl. The fraction of sp³-hybridized carbons (Fsp3) is 0.235. The maximum absolute atomic E-state index is 14.3. The molecule has 1 aromatic carbocycles. The third-order valence-corrected chi connectivity index (χ3v) is 3.76. The van der Waals surface area contributed by atoms with E-state index in [1.165, 1.54) is 4.98 Å². The number of aromatic nitrogens is 2. The first-order valence-electron chi connectivity index (χ1n) is 8.06. The summed E-state index contributed by atoms with van der Waals surface area (Å²) in [6, 6.07) is 1.59. The number of H-pyrrole nitrogens is 1. The fourth-order valence-electron chi connectivity index (χ4n) is 2.27. The van der Waals surface area contributed by atoms with E-state index in [0.717, 1.165) is 6.07 Å². The number of rotatable bonds is 7. The molecule has 0 atom stereocenters. The van der Waals surface area contributed by atoms with Crippen LogP contribution in [-0.4, -0.2) is 33.8 Å². The molecule has 8 nitrogen and oxygen atoms in total. The molecule has 0 aliphatic carbocycles. The van der Waals surface area contributed by atoms with Crippen molar-refractivity contribution in [1.82, 2.24) is 9.55 Å². The Balaban J connectivity index is 2.49. The molecule has 2 N–H and O–H groups in total. The van der Waals surface area contributed by atoms with E-state index in [1.807, 2.05) is 0 Å². The summed E-state index contributed by atoms with van der Waals surface area (Å²) in [6.07, 6.45) is -4.27. The van der Waals surface area contributed by atoms with Gasteiger partial charge in [0.2, 0.25) is 0 Å². The van der Waals surface area contributed by atoms with Gasteiger partial charge in [0.15, 0.2) is 0 Å². The second-order valence-corrected chi connectivity index (χ2v) is 5.97. The van der Waals surface area contributed by atoms with Crippen molar-refractivity contribution in [2.75, 3.05) is 13.2 Å². The van der Waals surface area contributed by atoms with E-state index in [1.54, 1.807) is 6.92 Å². The molecule has 13 heteroatoms. The molecule has 0 radical (unpaired) electrons. The van der Waals surface area contributed by atoms with E-state index in [-0.39, 0.29) is 33.8 Å². The third-order valence-electron chi connectivity index (χ3n) is 3.46. The number of aromatic amines is 1. The highest BCUT2D eigenvalue weighted by molar-refractivity contribution is 6.32. The number of alkyl halides is 3. The van der Waals surface area contributed by atoms with E-state index in [2.05, 4.69) is 0 Å². The third kappa shape index (κ3) is 5.41. The summed E-state index contributed by atoms with van der Waals surface area (Å²) in [5, 5.41) is 8.48. The van der Waals surface area contributed by atoms with Gasteiger partial charge in [0.1, 0.15) is 29.6 Å². The van der Waals surface area contributed by atoms with Crippen molar-refractivity contribution in [3.8, 4) is 11.4 Å². The Bertz CT molecular complexity index is 1080. The number of carboxylic acids is 1. The zero-order valence-corrected chi connectivity index (χ0v) is 15.8. The maximum atomic E-state index is 14.3. The lowest BCUT2D eigenvalue weighted by molar-refractivity contribution is -0.141. The highest BCUT2D eigenvalue weighted by Gasteiger charge is 2.33. The highest BCUT2D eigenvalue weighted by Crippen LogP contribution is 2.30. The van der Waals surface area contributed by atoms with Crippen molar-refractivity contribution in [3.63, 3.8) is 0 Å². The Labute approximate surface area is 169 Å². The van der Waals surface area contributed by atoms with E-state index in [9.17, 15) is 31.9 Å². The topological polar surface area (TPSA) is 111 Å². The van der Waals surface area contributed by atoms with Crippen LogP contribution in [0.2, 0.25) is 5.02 Å². The van der Waals surface area contributed by atoms with Gasteiger partial charge in [-0.25, -0.2) is 18.5 Å². The summed E-state index contributed by atoms with van der Waals surface area (Å²) in [5.41, 5.74) is -5.31. The summed E-state index contributed by atoms with van der Waals surface area (Å²) in [6.45, 7) is 1.24. The molecular formula is C17H13ClF4N2O6. The first-order chi connectivity index (χ1) is 13.9. The molecule has 30 heavy (non-hydrogen) atoms. The van der Waals surface area contributed by atoms with Crippen LogP contribution in [0.3, 0.4) is 0 Å². The van der Waals surface area contributed by atoms with Crippen LogP contribution in [0.25, 0.3) is 5.69 Å². The number of hydrogen-bond acceptors (Lipinski definition) is 5. The molecule has 2 rings (SSSR count). The van der Waals surface area contributed by atoms with Crippen LogP contribution in [0.5, 0.6) is 5.75 Å². The first kappa shape index (κ1) is 23.0. The molecule has 0 bridgehead atoms. The van der Waals surface area contributed by atoms with Gasteiger partial charge >= 0.3 is 17.8 Å². The largest absolute Gasteiger partial charge is 0.494 e. The monoisotopic (exact) mass is 452 g/mol. The van der Waals surface area contributed by atoms with Gasteiger partial charge in [-0.15, -0.1) is 0 Å². The van der Waals surface area contributed by atoms with Gasteiger partial charge in [-0.1, -0.05) is 11.6 Å². The van der Waals surface area contributed by atoms with Crippen LogP contribution >= 0.6 is 11.6 Å². The zero-order valence-electron chi connectivity index (χ0n) is 15.0. The van der Waals surface area contributed by atoms with Crippen LogP contribution < -0.4 is 16.0 Å². The highest BCUT2D eigenvalue weighted by atomic mass is 35.5. The molecule has 0 aliphatic heterocycles. The quantitative estimate of drug-likeness (QED) is 0.380. The minimum Gasteiger partial charge on any atom is -0.494 e. The number of halogens is 5. The summed E-state index contributed by atoms with van der Waals surface area (Å²) in [7, 11) is 0. The Kier molecular flexibility index (Phi) is 6.92. The molecule has 2 aromatic rings. The standard InChI is InChI=1S/C17H13ClF4N2O6/c1-2-29-8(3-15(26)27)7-30-12-5-11(10(19)4-9(12)18)24-14(25)6-13(17(20,21)22)23-16(24)28/h3-6H,2,7H2,1H3,(H,23,28)(H,26,27)/b8-3-. The number of benzene rings is 1. The van der Waals surface area contributed by atoms with Gasteiger partial charge < -0.3 is 19.6 Å². The lowest BCUT2D eigenvalue weighted by Crippen LogP contribution is -2.36. The Morgan fingerprint density at radius 3 is 2.50 bits per heavy atom. The lowest BCUT2D eigenvalue weighted by atomic mass is 10.2. The van der Waals surface area contributed by atoms with Gasteiger partial charge in [0, 0.05) is 12.1 Å². The van der Waals surface area contributed by atoms with E-state index in [4.69, 9.17) is 26.2 Å². The average molecular weight is 453 g/mol. The van der Waals surface area contributed by atoms with Gasteiger partial charge in [-0.2, -0.15) is 13.2 Å². The summed E-state index contributed by atoms with van der Waals surface area (Å²) >= 11 is 5.86. The minimum atomic E-state index is -4.99. The summed E-state index contributed by atoms with van der Waals surface area (Å²) in [5.74, 6) is -2.91. The summed E-state index contributed by atoms with van der Waals surface area (Å²) < 4.78 is 62.9. The number of carboxylic acid groups (broad SMARTS) is 1. The smallest absolute Gasteiger partial charge is 0.431 e. The number of nitrogens with zero attached hydrogens (tertiary/aromatic N) is 1. The van der Waals surface area contributed by atoms with Crippen molar-refractivity contribution < 1.29 is 36.9 Å². The van der Waals surface area contributed by atoms with Gasteiger partial charge in [-0.3, -0.25) is 4.79 Å². The van der Waals surface area contributed by atoms with Crippen LogP contribution in [0.1, 0.15) is 12.6 Å². The molecular weight excluding hydrogens is 440 g/mol. The van der Waals surface area contributed by atoms with Crippen LogP contribution in [0, 0.1) is 5.82 Å². The number of ether oxygens (including phenoxy) is 2. The van der Waals surface area contributed by atoms with Crippen molar-refractivity contribution in [2.45, 2.75) is 13.1 Å². The Morgan fingerprint density at radius 1 is 1.30 bits per heavy atom. The molecule has 0 saturated carbocycles. The summed E-state index contributed by atoms with van der Waals surface area (Å²) in [4.78, 5) is 36.3. The predicted molar refractivity (Wildman–Crippen MR) is 95.5 cm³/mol. The van der Waals surface area contributed by atoms with E-state index >= 15 is 0 Å². The van der Waals surface area contributed by atoms with E-state index in [0.29, 0.717) is 12.1 Å². The molecule has 0 saturated heterocycles. The molecule has 0 fully saturated rings. The fourth-order valence-corrected chi connectivity index (χ4v) is 2.48. The normalized spacial score (nSPS) is 12.0. The number of hydrogen-bond donors (Lipinski definition) is 2. The predicted octanol–water partition coefficient (Wildman–Crippen LogP) is 2.72. The second-order valence-electron chi connectivity index (χ2n) is 5.56. The van der Waals surface area contributed by atoms with Crippen molar-refractivity contribution in [3.05, 3.63) is 67.4 Å².